The minimum absolute atomic E-state index is 0.648. The summed E-state index contributed by atoms with van der Waals surface area (Å²) in [5.74, 6) is 0.735. The molecule has 0 fully saturated rings. The number of nitrogens with two attached hydrogens (primary N) is 1. The van der Waals surface area contributed by atoms with E-state index in [0.717, 1.165) is 32.7 Å². The summed E-state index contributed by atoms with van der Waals surface area (Å²) in [5, 5.41) is 4.40. The number of nitrogens with zero attached hydrogens (tertiary/aromatic N) is 3. The molecule has 5 nitrogen and oxygen atoms in total. The van der Waals surface area contributed by atoms with Crippen molar-refractivity contribution in [2.75, 3.05) is 5.73 Å². The molecular weight excluding hydrogens is 294 g/mol. The van der Waals surface area contributed by atoms with Crippen molar-refractivity contribution in [3.63, 3.8) is 0 Å². The monoisotopic (exact) mass is 305 g/mol. The number of aromatic amines is 1. The van der Waals surface area contributed by atoms with Crippen LogP contribution in [0.15, 0.2) is 22.7 Å². The third-order valence-corrected chi connectivity index (χ3v) is 3.40. The van der Waals surface area contributed by atoms with Crippen LogP contribution >= 0.6 is 15.9 Å². The van der Waals surface area contributed by atoms with E-state index < -0.39 is 0 Å². The van der Waals surface area contributed by atoms with Gasteiger partial charge < -0.3 is 10.7 Å². The number of nitrogens with one attached hydrogen (secondary N) is 1. The lowest BCUT2D eigenvalue weighted by Gasteiger charge is -1.94. The molecule has 2 aromatic heterocycles. The van der Waals surface area contributed by atoms with Crippen molar-refractivity contribution in [1.82, 2.24) is 19.7 Å². The van der Waals surface area contributed by atoms with Crippen molar-refractivity contribution >= 4 is 32.7 Å². The van der Waals surface area contributed by atoms with Gasteiger partial charge in [0, 0.05) is 17.2 Å². The number of anilines is 1. The summed E-state index contributed by atoms with van der Waals surface area (Å²) >= 11 is 3.42. The number of nitrogen functional groups attached to an aromatic ring is 1. The predicted molar refractivity (Wildman–Crippen MR) is 75.1 cm³/mol. The Bertz CT molecular complexity index is 721. The molecule has 3 aromatic rings. The van der Waals surface area contributed by atoms with E-state index in [-0.39, 0.29) is 0 Å². The summed E-state index contributed by atoms with van der Waals surface area (Å²) in [5.41, 5.74) is 10.2. The number of aryl methyl sites for hydroxylation is 2. The van der Waals surface area contributed by atoms with Gasteiger partial charge in [0.1, 0.15) is 11.2 Å². The van der Waals surface area contributed by atoms with Crippen molar-refractivity contribution in [3.8, 4) is 11.5 Å². The van der Waals surface area contributed by atoms with Crippen LogP contribution in [-0.2, 0) is 7.05 Å². The van der Waals surface area contributed by atoms with Gasteiger partial charge >= 0.3 is 0 Å². The van der Waals surface area contributed by atoms with Crippen LogP contribution in [0.3, 0.4) is 0 Å². The maximum Gasteiger partial charge on any atom is 0.159 e. The van der Waals surface area contributed by atoms with E-state index in [2.05, 4.69) is 31.0 Å². The molecule has 0 aliphatic rings. The second-order valence-corrected chi connectivity index (χ2v) is 5.19. The highest BCUT2D eigenvalue weighted by Gasteiger charge is 2.11. The van der Waals surface area contributed by atoms with Gasteiger partial charge in [0.25, 0.3) is 0 Å². The van der Waals surface area contributed by atoms with Crippen molar-refractivity contribution in [2.24, 2.45) is 7.05 Å². The zero-order valence-corrected chi connectivity index (χ0v) is 11.6. The van der Waals surface area contributed by atoms with E-state index in [0.29, 0.717) is 5.69 Å². The van der Waals surface area contributed by atoms with Crippen LogP contribution in [0.25, 0.3) is 22.6 Å². The first kappa shape index (κ1) is 11.3. The number of halogens is 1. The van der Waals surface area contributed by atoms with Gasteiger partial charge in [0.2, 0.25) is 0 Å². The Balaban J connectivity index is 2.22. The van der Waals surface area contributed by atoms with Crippen molar-refractivity contribution in [2.45, 2.75) is 6.92 Å². The average Bonchev–Trinajstić information content (AvgIpc) is 2.84. The third-order valence-electron chi connectivity index (χ3n) is 2.94. The van der Waals surface area contributed by atoms with Gasteiger partial charge in [-0.05, 0) is 25.1 Å². The quantitative estimate of drug-likeness (QED) is 0.679. The zero-order chi connectivity index (χ0) is 12.9. The Labute approximate surface area is 112 Å². The number of rotatable bonds is 1. The summed E-state index contributed by atoms with van der Waals surface area (Å²) in [6.45, 7) is 2.00. The van der Waals surface area contributed by atoms with E-state index in [1.54, 1.807) is 0 Å². The summed E-state index contributed by atoms with van der Waals surface area (Å²) < 4.78 is 2.75. The van der Waals surface area contributed by atoms with Crippen LogP contribution in [-0.4, -0.2) is 19.7 Å². The van der Waals surface area contributed by atoms with Crippen molar-refractivity contribution in [3.05, 3.63) is 28.4 Å². The normalized spacial score (nSPS) is 11.3. The van der Waals surface area contributed by atoms with Gasteiger partial charge in [-0.3, -0.25) is 4.68 Å². The average molecular weight is 306 g/mol. The molecule has 0 atom stereocenters. The molecule has 0 radical (unpaired) electrons. The fourth-order valence-corrected chi connectivity index (χ4v) is 2.38. The van der Waals surface area contributed by atoms with Crippen LogP contribution < -0.4 is 5.73 Å². The maximum absolute atomic E-state index is 5.95. The van der Waals surface area contributed by atoms with Gasteiger partial charge in [-0.25, -0.2) is 4.98 Å². The van der Waals surface area contributed by atoms with Crippen LogP contribution in [0.4, 0.5) is 5.69 Å². The molecule has 18 heavy (non-hydrogen) atoms. The highest BCUT2D eigenvalue weighted by Crippen LogP contribution is 2.27. The summed E-state index contributed by atoms with van der Waals surface area (Å²) in [7, 11) is 1.91. The molecule has 3 N–H and O–H groups in total. The Morgan fingerprint density at radius 1 is 1.33 bits per heavy atom. The summed E-state index contributed by atoms with van der Waals surface area (Å²) in [6, 6.07) is 5.79. The fourth-order valence-electron chi connectivity index (χ4n) is 1.91. The van der Waals surface area contributed by atoms with E-state index >= 15 is 0 Å². The summed E-state index contributed by atoms with van der Waals surface area (Å²) in [4.78, 5) is 7.74. The molecule has 0 spiro atoms. The van der Waals surface area contributed by atoms with Gasteiger partial charge in [-0.1, -0.05) is 15.9 Å². The van der Waals surface area contributed by atoms with Gasteiger partial charge in [-0.2, -0.15) is 5.10 Å². The number of H-pyrrole nitrogens is 1. The molecular formula is C12H12BrN5. The standard InChI is InChI=1S/C12H12BrN5/c1-6-3-10(17-18(6)2)12-15-9-5-7(13)4-8(14)11(9)16-12/h3-5H,14H2,1-2H3,(H,15,16). The van der Waals surface area contributed by atoms with Crippen LogP contribution in [0, 0.1) is 6.92 Å². The highest BCUT2D eigenvalue weighted by atomic mass is 79.9. The largest absolute Gasteiger partial charge is 0.397 e. The van der Waals surface area contributed by atoms with E-state index in [9.17, 15) is 0 Å². The molecule has 0 unspecified atom stereocenters. The Kier molecular flexibility index (Phi) is 2.41. The second kappa shape index (κ2) is 3.84. The fraction of sp³-hybridized carbons (Fsp3) is 0.167. The van der Waals surface area contributed by atoms with Crippen molar-refractivity contribution in [1.29, 1.82) is 0 Å². The molecule has 2 heterocycles. The number of hydrogen-bond donors (Lipinski definition) is 2. The Morgan fingerprint density at radius 3 is 2.78 bits per heavy atom. The number of benzene rings is 1. The third kappa shape index (κ3) is 1.69. The number of aromatic nitrogens is 4. The SMILES string of the molecule is Cc1cc(-c2nc3c(N)cc(Br)cc3[nH]2)nn1C. The zero-order valence-electron chi connectivity index (χ0n) is 10.0. The van der Waals surface area contributed by atoms with Crippen molar-refractivity contribution < 1.29 is 0 Å². The smallest absolute Gasteiger partial charge is 0.159 e. The number of imidazole rings is 1. The Hall–Kier alpha value is -1.82. The molecule has 0 aliphatic heterocycles. The van der Waals surface area contributed by atoms with Crippen LogP contribution in [0.2, 0.25) is 0 Å². The van der Waals surface area contributed by atoms with Gasteiger partial charge in [0.05, 0.1) is 11.2 Å². The first-order valence-electron chi connectivity index (χ1n) is 5.50. The van der Waals surface area contributed by atoms with E-state index in [4.69, 9.17) is 5.73 Å². The topological polar surface area (TPSA) is 72.5 Å². The molecule has 0 amide bonds. The lowest BCUT2D eigenvalue weighted by molar-refractivity contribution is 0.741. The molecule has 6 heteroatoms. The lowest BCUT2D eigenvalue weighted by atomic mass is 10.3. The molecule has 0 saturated heterocycles. The minimum Gasteiger partial charge on any atom is -0.397 e. The number of fused-ring (bicyclic) bond motifs is 1. The highest BCUT2D eigenvalue weighted by molar-refractivity contribution is 9.10. The van der Waals surface area contributed by atoms with Gasteiger partial charge in [0.15, 0.2) is 5.82 Å². The summed E-state index contributed by atoms with van der Waals surface area (Å²) in [6.07, 6.45) is 0. The second-order valence-electron chi connectivity index (χ2n) is 4.27. The molecule has 0 bridgehead atoms. The lowest BCUT2D eigenvalue weighted by Crippen LogP contribution is -1.92. The van der Waals surface area contributed by atoms with E-state index in [1.807, 2.05) is 36.9 Å². The first-order valence-corrected chi connectivity index (χ1v) is 6.29. The van der Waals surface area contributed by atoms with E-state index in [1.165, 1.54) is 0 Å². The number of hydrogen-bond acceptors (Lipinski definition) is 3. The molecule has 1 aromatic carbocycles. The molecule has 3 rings (SSSR count). The minimum atomic E-state index is 0.648. The first-order chi connectivity index (χ1) is 8.54. The van der Waals surface area contributed by atoms with Crippen LogP contribution in [0.5, 0.6) is 0 Å². The predicted octanol–water partition coefficient (Wildman–Crippen LogP) is 2.62. The Morgan fingerprint density at radius 2 is 2.11 bits per heavy atom. The molecule has 92 valence electrons. The maximum atomic E-state index is 5.95. The molecule has 0 aliphatic carbocycles. The van der Waals surface area contributed by atoms with Gasteiger partial charge in [-0.15, -0.1) is 0 Å². The molecule has 0 saturated carbocycles. The van der Waals surface area contributed by atoms with Crippen LogP contribution in [0.1, 0.15) is 5.69 Å².